The smallest absolute Gasteiger partial charge is 0.329 e. The number of hydrogen-bond donors (Lipinski definition) is 1. The molecular weight excluding hydrogens is 476 g/mol. The summed E-state index contributed by atoms with van der Waals surface area (Å²) in [7, 11) is 1.58. The molecule has 8 heteroatoms. The van der Waals surface area contributed by atoms with Gasteiger partial charge in [-0.3, -0.25) is 4.79 Å². The van der Waals surface area contributed by atoms with Crippen LogP contribution in [-0.4, -0.2) is 52.7 Å². The summed E-state index contributed by atoms with van der Waals surface area (Å²) in [6.45, 7) is 14.6. The lowest BCUT2D eigenvalue weighted by Gasteiger charge is -2.39. The van der Waals surface area contributed by atoms with Gasteiger partial charge in [-0.25, -0.2) is 9.78 Å². The lowest BCUT2D eigenvalue weighted by molar-refractivity contribution is -0.150. The maximum absolute atomic E-state index is 14.3. The third-order valence-corrected chi connectivity index (χ3v) is 7.52. The second-order valence-electron chi connectivity index (χ2n) is 10.9. The second kappa shape index (κ2) is 11.1. The highest BCUT2D eigenvalue weighted by Crippen LogP contribution is 2.51. The number of methoxy groups -OCH3 is 1. The van der Waals surface area contributed by atoms with Crippen LogP contribution in [0.3, 0.4) is 0 Å². The van der Waals surface area contributed by atoms with Gasteiger partial charge in [0, 0.05) is 23.1 Å². The first-order chi connectivity index (χ1) is 17.0. The van der Waals surface area contributed by atoms with Crippen LogP contribution in [0.4, 0.5) is 0 Å². The Labute approximate surface area is 218 Å². The molecule has 0 spiro atoms. The summed E-state index contributed by atoms with van der Waals surface area (Å²) >= 11 is 1.43. The molecule has 36 heavy (non-hydrogen) atoms. The van der Waals surface area contributed by atoms with Crippen LogP contribution in [0.2, 0.25) is 0 Å². The van der Waals surface area contributed by atoms with Crippen LogP contribution in [0, 0.1) is 11.8 Å². The van der Waals surface area contributed by atoms with E-state index in [4.69, 9.17) is 9.47 Å². The topological polar surface area (TPSA) is 89.0 Å². The fourth-order valence-electron chi connectivity index (χ4n) is 5.30. The molecule has 1 aromatic carbocycles. The maximum Gasteiger partial charge on any atom is 0.329 e. The van der Waals surface area contributed by atoms with Gasteiger partial charge in [0.25, 0.3) is 5.91 Å². The first kappa shape index (κ1) is 27.9. The third kappa shape index (κ3) is 5.49. The van der Waals surface area contributed by atoms with E-state index >= 15 is 0 Å². The lowest BCUT2D eigenvalue weighted by Crippen LogP contribution is -2.54. The molecule has 3 atom stereocenters. The molecule has 7 nitrogen and oxygen atoms in total. The number of ether oxygens (including phenoxy) is 2. The Morgan fingerprint density at radius 2 is 2.08 bits per heavy atom. The predicted molar refractivity (Wildman–Crippen MR) is 142 cm³/mol. The Kier molecular flexibility index (Phi) is 8.62. The van der Waals surface area contributed by atoms with Gasteiger partial charge < -0.3 is 19.5 Å². The zero-order valence-electron chi connectivity index (χ0n) is 22.1. The summed E-state index contributed by atoms with van der Waals surface area (Å²) in [5.74, 6) is -0.919. The second-order valence-corrected chi connectivity index (χ2v) is 11.8. The Morgan fingerprint density at radius 1 is 1.36 bits per heavy atom. The van der Waals surface area contributed by atoms with E-state index in [9.17, 15) is 14.7 Å². The number of carbonyl (C=O) groups is 2. The summed E-state index contributed by atoms with van der Waals surface area (Å²) in [6, 6.07) is 4.88. The molecule has 0 saturated carbocycles. The minimum absolute atomic E-state index is 0.0546. The summed E-state index contributed by atoms with van der Waals surface area (Å²) in [4.78, 5) is 33.4. The number of aliphatic carboxylic acids is 1. The maximum atomic E-state index is 14.3. The standard InChI is InChI=1S/C28H38N2O5S/c1-8-12-35-17-20-16-28(26(32)33,15-18(2)3)30(23(20)24-29-11-13-36-24)25(31)19-9-10-21(27(4,5)6)22(14-19)34-7/h8-11,13-14,18,20,23H,1,12,15-17H2,2-7H3,(H,32,33)/t20-,23+,28-/m0/s1. The van der Waals surface area contributed by atoms with E-state index in [0.29, 0.717) is 36.0 Å². The molecule has 2 aromatic rings. The van der Waals surface area contributed by atoms with Gasteiger partial charge in [0.15, 0.2) is 0 Å². The molecule has 1 fully saturated rings. The number of aromatic nitrogens is 1. The van der Waals surface area contributed by atoms with Crippen LogP contribution in [0.5, 0.6) is 5.75 Å². The normalized spacial score (nSPS) is 22.1. The van der Waals surface area contributed by atoms with Gasteiger partial charge in [-0.05, 0) is 41.9 Å². The number of carbonyl (C=O) groups excluding carboxylic acids is 1. The lowest BCUT2D eigenvalue weighted by atomic mass is 9.83. The van der Waals surface area contributed by atoms with E-state index in [1.807, 2.05) is 25.3 Å². The van der Waals surface area contributed by atoms with E-state index in [-0.39, 0.29) is 29.6 Å². The van der Waals surface area contributed by atoms with Crippen LogP contribution in [0.1, 0.15) is 74.4 Å². The van der Waals surface area contributed by atoms with Gasteiger partial charge >= 0.3 is 5.97 Å². The molecule has 1 saturated heterocycles. The number of hydrogen-bond acceptors (Lipinski definition) is 6. The zero-order chi connectivity index (χ0) is 26.7. The van der Waals surface area contributed by atoms with Gasteiger partial charge in [-0.15, -0.1) is 17.9 Å². The number of amides is 1. The summed E-state index contributed by atoms with van der Waals surface area (Å²) in [5, 5.41) is 13.2. The molecule has 0 radical (unpaired) electrons. The molecule has 1 aliphatic heterocycles. The van der Waals surface area contributed by atoms with E-state index in [1.165, 1.54) is 11.3 Å². The van der Waals surface area contributed by atoms with Crippen molar-refractivity contribution in [2.24, 2.45) is 11.8 Å². The van der Waals surface area contributed by atoms with Crippen molar-refractivity contribution in [2.45, 2.75) is 64.5 Å². The summed E-state index contributed by atoms with van der Waals surface area (Å²) < 4.78 is 11.5. The van der Waals surface area contributed by atoms with E-state index in [1.54, 1.807) is 36.4 Å². The van der Waals surface area contributed by atoms with E-state index < -0.39 is 17.6 Å². The van der Waals surface area contributed by atoms with Gasteiger partial charge in [0.1, 0.15) is 16.3 Å². The number of thiazole rings is 1. The van der Waals surface area contributed by atoms with Gasteiger partial charge in [0.2, 0.25) is 0 Å². The highest BCUT2D eigenvalue weighted by Gasteiger charge is 2.59. The number of carboxylic acid groups (broad SMARTS) is 1. The molecule has 0 aliphatic carbocycles. The summed E-state index contributed by atoms with van der Waals surface area (Å²) in [6.07, 6.45) is 3.96. The fourth-order valence-corrected chi connectivity index (χ4v) is 6.12. The number of likely N-dealkylation sites (tertiary alicyclic amines) is 1. The van der Waals surface area contributed by atoms with Crippen LogP contribution < -0.4 is 4.74 Å². The summed E-state index contributed by atoms with van der Waals surface area (Å²) in [5.41, 5.74) is -0.204. The van der Waals surface area contributed by atoms with Gasteiger partial charge in [-0.1, -0.05) is 46.8 Å². The molecule has 1 amide bonds. The minimum atomic E-state index is -1.39. The molecule has 1 aromatic heterocycles. The van der Waals surface area contributed by atoms with Crippen molar-refractivity contribution in [3.05, 3.63) is 58.6 Å². The molecule has 1 N–H and O–H groups in total. The molecule has 2 heterocycles. The Hall–Kier alpha value is -2.71. The monoisotopic (exact) mass is 514 g/mol. The largest absolute Gasteiger partial charge is 0.496 e. The quantitative estimate of drug-likeness (QED) is 0.322. The fraction of sp³-hybridized carbons (Fsp3) is 0.536. The highest BCUT2D eigenvalue weighted by atomic mass is 32.1. The Balaban J connectivity index is 2.18. The van der Waals surface area contributed by atoms with Crippen molar-refractivity contribution in [3.63, 3.8) is 0 Å². The molecular formula is C28H38N2O5S. The van der Waals surface area contributed by atoms with E-state index in [2.05, 4.69) is 32.3 Å². The van der Waals surface area contributed by atoms with Crippen molar-refractivity contribution in [2.75, 3.05) is 20.3 Å². The number of carboxylic acids is 1. The average molecular weight is 515 g/mol. The van der Waals surface area contributed by atoms with Crippen molar-refractivity contribution in [1.29, 1.82) is 0 Å². The molecule has 0 unspecified atom stereocenters. The van der Waals surface area contributed by atoms with Crippen molar-refractivity contribution >= 4 is 23.2 Å². The van der Waals surface area contributed by atoms with Gasteiger partial charge in [0.05, 0.1) is 26.4 Å². The van der Waals surface area contributed by atoms with Crippen molar-refractivity contribution in [1.82, 2.24) is 9.88 Å². The molecule has 1 aliphatic rings. The van der Waals surface area contributed by atoms with E-state index in [0.717, 1.165) is 5.56 Å². The van der Waals surface area contributed by atoms with Crippen LogP contribution >= 0.6 is 11.3 Å². The number of rotatable bonds is 10. The van der Waals surface area contributed by atoms with Crippen molar-refractivity contribution in [3.8, 4) is 5.75 Å². The molecule has 0 bridgehead atoms. The highest BCUT2D eigenvalue weighted by molar-refractivity contribution is 7.09. The SMILES string of the molecule is C=CCOC[C@@H]1C[C@@](CC(C)C)(C(=O)O)N(C(=O)c2ccc(C(C)(C)C)c(OC)c2)[C@H]1c1nccs1. The minimum Gasteiger partial charge on any atom is -0.496 e. The third-order valence-electron chi connectivity index (χ3n) is 6.68. The number of nitrogens with zero attached hydrogens (tertiary/aromatic N) is 2. The van der Waals surface area contributed by atoms with Crippen molar-refractivity contribution < 1.29 is 24.2 Å². The zero-order valence-corrected chi connectivity index (χ0v) is 22.9. The van der Waals surface area contributed by atoms with Gasteiger partial charge in [-0.2, -0.15) is 0 Å². The van der Waals surface area contributed by atoms with Crippen LogP contribution in [-0.2, 0) is 14.9 Å². The number of benzene rings is 1. The Bertz CT molecular complexity index is 1080. The molecule has 196 valence electrons. The molecule has 3 rings (SSSR count). The van der Waals surface area contributed by atoms with Crippen LogP contribution in [0.25, 0.3) is 0 Å². The Morgan fingerprint density at radius 3 is 2.61 bits per heavy atom. The van der Waals surface area contributed by atoms with Crippen LogP contribution in [0.15, 0.2) is 42.4 Å². The first-order valence-corrected chi connectivity index (χ1v) is 13.2. The predicted octanol–water partition coefficient (Wildman–Crippen LogP) is 5.72. The first-order valence-electron chi connectivity index (χ1n) is 12.3. The average Bonchev–Trinajstić information content (AvgIpc) is 3.44.